The van der Waals surface area contributed by atoms with Crippen LogP contribution in [0.5, 0.6) is 11.5 Å². The molecule has 7 nitrogen and oxygen atoms in total. The monoisotopic (exact) mass is 530 g/mol. The van der Waals surface area contributed by atoms with Crippen molar-refractivity contribution in [2.24, 2.45) is 4.99 Å². The molecule has 2 aromatic carbocycles. The molecule has 0 spiro atoms. The van der Waals surface area contributed by atoms with Gasteiger partial charge in [0.25, 0.3) is 0 Å². The number of nitrogens with zero attached hydrogens (tertiary/aromatic N) is 1. The third kappa shape index (κ3) is 8.85. The Bertz CT molecular complexity index is 818. The number of aliphatic imine (C=N–C) groups is 1. The molecule has 2 rings (SSSR count). The van der Waals surface area contributed by atoms with Gasteiger partial charge in [-0.1, -0.05) is 12.1 Å². The molecule has 1 unspecified atom stereocenters. The molecular formula is C21H28FIN4O3. The number of anilines is 1. The maximum Gasteiger partial charge on any atom is 0.246 e. The van der Waals surface area contributed by atoms with E-state index in [2.05, 4.69) is 20.9 Å². The van der Waals surface area contributed by atoms with Crippen LogP contribution >= 0.6 is 24.0 Å². The number of methoxy groups -OCH3 is 1. The zero-order valence-corrected chi connectivity index (χ0v) is 19.6. The number of hydrogen-bond donors (Lipinski definition) is 3. The van der Waals surface area contributed by atoms with Crippen LogP contribution in [0.2, 0.25) is 0 Å². The summed E-state index contributed by atoms with van der Waals surface area (Å²) in [5.74, 6) is 1.16. The topological polar surface area (TPSA) is 84.0 Å². The fraction of sp³-hybridized carbons (Fsp3) is 0.333. The minimum absolute atomic E-state index is 0. The molecule has 1 atom stereocenters. The Morgan fingerprint density at radius 1 is 1.10 bits per heavy atom. The smallest absolute Gasteiger partial charge is 0.246 e. The van der Waals surface area contributed by atoms with Crippen molar-refractivity contribution in [1.29, 1.82) is 0 Å². The molecule has 164 valence electrons. The van der Waals surface area contributed by atoms with Crippen LogP contribution in [0.1, 0.15) is 13.8 Å². The molecular weight excluding hydrogens is 502 g/mol. The van der Waals surface area contributed by atoms with Crippen LogP contribution in [0.25, 0.3) is 0 Å². The largest absolute Gasteiger partial charge is 0.493 e. The van der Waals surface area contributed by atoms with Gasteiger partial charge in [0.1, 0.15) is 18.5 Å². The van der Waals surface area contributed by atoms with Gasteiger partial charge in [-0.3, -0.25) is 4.79 Å². The Morgan fingerprint density at radius 2 is 1.77 bits per heavy atom. The molecule has 3 N–H and O–H groups in total. The van der Waals surface area contributed by atoms with Crippen molar-refractivity contribution in [1.82, 2.24) is 10.6 Å². The predicted molar refractivity (Wildman–Crippen MR) is 128 cm³/mol. The first-order valence-electron chi connectivity index (χ1n) is 9.39. The number of benzene rings is 2. The van der Waals surface area contributed by atoms with Gasteiger partial charge in [-0.05, 0) is 50.2 Å². The van der Waals surface area contributed by atoms with E-state index in [9.17, 15) is 9.18 Å². The van der Waals surface area contributed by atoms with Gasteiger partial charge in [0.05, 0.1) is 13.7 Å². The summed E-state index contributed by atoms with van der Waals surface area (Å²) in [5.41, 5.74) is 0.517. The zero-order chi connectivity index (χ0) is 21.1. The number of ether oxygens (including phenoxy) is 2. The molecule has 0 saturated carbocycles. The molecule has 0 aliphatic carbocycles. The number of halogens is 2. The van der Waals surface area contributed by atoms with E-state index >= 15 is 0 Å². The van der Waals surface area contributed by atoms with Crippen LogP contribution in [0.4, 0.5) is 10.1 Å². The lowest BCUT2D eigenvalue weighted by Gasteiger charge is -2.19. The summed E-state index contributed by atoms with van der Waals surface area (Å²) in [5, 5.41) is 8.90. The summed E-state index contributed by atoms with van der Waals surface area (Å²) in [6.07, 6.45) is -0.164. The van der Waals surface area contributed by atoms with Crippen molar-refractivity contribution in [2.45, 2.75) is 20.0 Å². The van der Waals surface area contributed by atoms with Crippen LogP contribution < -0.4 is 25.4 Å². The molecule has 0 aromatic heterocycles. The number of carbonyl (C=O) groups excluding carboxylic acids is 1. The Labute approximate surface area is 193 Å². The highest BCUT2D eigenvalue weighted by atomic mass is 127. The average Bonchev–Trinajstić information content (AvgIpc) is 2.72. The van der Waals surface area contributed by atoms with E-state index in [0.717, 1.165) is 0 Å². The number of nitrogens with one attached hydrogen (secondary N) is 3. The molecule has 0 fully saturated rings. The normalized spacial score (nSPS) is 11.7. The number of para-hydroxylation sites is 2. The highest BCUT2D eigenvalue weighted by Crippen LogP contribution is 2.26. The molecule has 9 heteroatoms. The minimum Gasteiger partial charge on any atom is -0.493 e. The minimum atomic E-state index is -0.357. The molecule has 0 aliphatic rings. The van der Waals surface area contributed by atoms with Gasteiger partial charge in [0.2, 0.25) is 5.91 Å². The van der Waals surface area contributed by atoms with Crippen LogP contribution in [0.15, 0.2) is 53.5 Å². The number of carbonyl (C=O) groups is 1. The van der Waals surface area contributed by atoms with E-state index in [0.29, 0.717) is 36.2 Å². The molecule has 0 aliphatic heterocycles. The standard InChI is InChI=1S/C21H27FN4O3.HI/c1-4-23-21(25-14-20(27)26-17-11-9-16(22)10-12-17)24-13-15(2)29-19-8-6-5-7-18(19)28-3;/h5-12,15H,4,13-14H2,1-3H3,(H,26,27)(H2,23,24,25);1H. The SMILES string of the molecule is CCNC(=NCC(=O)Nc1ccc(F)cc1)NCC(C)Oc1ccccc1OC.I. The highest BCUT2D eigenvalue weighted by molar-refractivity contribution is 14.0. The fourth-order valence-corrected chi connectivity index (χ4v) is 2.44. The van der Waals surface area contributed by atoms with E-state index < -0.39 is 0 Å². The predicted octanol–water partition coefficient (Wildman–Crippen LogP) is 3.41. The van der Waals surface area contributed by atoms with Crippen molar-refractivity contribution >= 4 is 41.5 Å². The highest BCUT2D eigenvalue weighted by Gasteiger charge is 2.10. The molecule has 1 amide bonds. The Hall–Kier alpha value is -2.56. The van der Waals surface area contributed by atoms with Crippen molar-refractivity contribution < 1.29 is 18.7 Å². The fourth-order valence-electron chi connectivity index (χ4n) is 2.44. The van der Waals surface area contributed by atoms with Crippen LogP contribution in [0.3, 0.4) is 0 Å². The lowest BCUT2D eigenvalue weighted by atomic mass is 10.3. The molecule has 0 bridgehead atoms. The van der Waals surface area contributed by atoms with Crippen LogP contribution in [-0.4, -0.2) is 44.7 Å². The van der Waals surface area contributed by atoms with Crippen molar-refractivity contribution in [3.8, 4) is 11.5 Å². The zero-order valence-electron chi connectivity index (χ0n) is 17.3. The quantitative estimate of drug-likeness (QED) is 0.263. The summed E-state index contributed by atoms with van der Waals surface area (Å²) in [6, 6.07) is 13.0. The maximum atomic E-state index is 12.9. The number of guanidine groups is 1. The summed E-state index contributed by atoms with van der Waals surface area (Å²) < 4.78 is 24.1. The van der Waals surface area contributed by atoms with Gasteiger partial charge < -0.3 is 25.4 Å². The number of hydrogen-bond acceptors (Lipinski definition) is 4. The van der Waals surface area contributed by atoms with Crippen molar-refractivity contribution in [3.63, 3.8) is 0 Å². The first-order chi connectivity index (χ1) is 14.0. The van der Waals surface area contributed by atoms with Gasteiger partial charge >= 0.3 is 0 Å². The van der Waals surface area contributed by atoms with E-state index in [1.807, 2.05) is 38.1 Å². The Morgan fingerprint density at radius 3 is 2.40 bits per heavy atom. The molecule has 0 heterocycles. The van der Waals surface area contributed by atoms with Gasteiger partial charge in [0, 0.05) is 12.2 Å². The van der Waals surface area contributed by atoms with E-state index in [1.165, 1.54) is 24.3 Å². The molecule has 30 heavy (non-hydrogen) atoms. The second kappa shape index (κ2) is 13.6. The Kier molecular flexibility index (Phi) is 11.6. The second-order valence-corrected chi connectivity index (χ2v) is 6.21. The molecule has 2 aromatic rings. The van der Waals surface area contributed by atoms with Gasteiger partial charge in [-0.15, -0.1) is 24.0 Å². The maximum absolute atomic E-state index is 12.9. The first kappa shape index (κ1) is 25.5. The summed E-state index contributed by atoms with van der Waals surface area (Å²) in [7, 11) is 1.60. The van der Waals surface area contributed by atoms with E-state index in [1.54, 1.807) is 7.11 Å². The molecule has 0 saturated heterocycles. The number of rotatable bonds is 9. The third-order valence-electron chi connectivity index (χ3n) is 3.81. The summed E-state index contributed by atoms with van der Waals surface area (Å²) >= 11 is 0. The third-order valence-corrected chi connectivity index (χ3v) is 3.81. The summed E-state index contributed by atoms with van der Waals surface area (Å²) in [6.45, 7) is 4.90. The van der Waals surface area contributed by atoms with E-state index in [4.69, 9.17) is 9.47 Å². The average molecular weight is 530 g/mol. The number of amides is 1. The summed E-state index contributed by atoms with van der Waals surface area (Å²) in [4.78, 5) is 16.3. The first-order valence-corrected chi connectivity index (χ1v) is 9.39. The van der Waals surface area contributed by atoms with Gasteiger partial charge in [-0.25, -0.2) is 9.38 Å². The Balaban J connectivity index is 0.00000450. The van der Waals surface area contributed by atoms with Crippen LogP contribution in [0, 0.1) is 5.82 Å². The lowest BCUT2D eigenvalue weighted by molar-refractivity contribution is -0.114. The van der Waals surface area contributed by atoms with Gasteiger partial charge in [0.15, 0.2) is 17.5 Å². The van der Waals surface area contributed by atoms with Crippen molar-refractivity contribution in [2.75, 3.05) is 32.1 Å². The lowest BCUT2D eigenvalue weighted by Crippen LogP contribution is -2.42. The molecule has 0 radical (unpaired) electrons. The van der Waals surface area contributed by atoms with Crippen LogP contribution in [-0.2, 0) is 4.79 Å². The van der Waals surface area contributed by atoms with E-state index in [-0.39, 0.29) is 48.3 Å². The van der Waals surface area contributed by atoms with Crippen molar-refractivity contribution in [3.05, 3.63) is 54.3 Å². The van der Waals surface area contributed by atoms with Gasteiger partial charge in [-0.2, -0.15) is 0 Å². The second-order valence-electron chi connectivity index (χ2n) is 6.21.